The maximum absolute atomic E-state index is 11.2. The van der Waals surface area contributed by atoms with Crippen molar-refractivity contribution in [2.24, 2.45) is 10.8 Å². The van der Waals surface area contributed by atoms with Crippen LogP contribution in [0, 0.1) is 10.8 Å². The molecular formula is C24H34O7. The fraction of sp³-hybridized carbons (Fsp3) is 0.667. The molecule has 172 valence electrons. The van der Waals surface area contributed by atoms with E-state index < -0.39 is 22.8 Å². The predicted octanol–water partition coefficient (Wildman–Crippen LogP) is 4.74. The van der Waals surface area contributed by atoms with E-state index in [2.05, 4.69) is 0 Å². The molecule has 2 saturated carbocycles. The van der Waals surface area contributed by atoms with Gasteiger partial charge in [0.1, 0.15) is 5.75 Å². The van der Waals surface area contributed by atoms with Gasteiger partial charge in [-0.25, -0.2) is 0 Å². The van der Waals surface area contributed by atoms with E-state index in [0.29, 0.717) is 43.2 Å². The summed E-state index contributed by atoms with van der Waals surface area (Å²) in [5.74, 6) is -1.92. The van der Waals surface area contributed by atoms with E-state index in [0.717, 1.165) is 57.8 Å². The second kappa shape index (κ2) is 9.37. The third-order valence-electron chi connectivity index (χ3n) is 7.23. The molecule has 31 heavy (non-hydrogen) atoms. The first-order chi connectivity index (χ1) is 14.7. The maximum Gasteiger partial charge on any atom is 0.309 e. The Morgan fingerprint density at radius 3 is 1.65 bits per heavy atom. The lowest BCUT2D eigenvalue weighted by molar-refractivity contribution is -0.144. The summed E-state index contributed by atoms with van der Waals surface area (Å²) in [6, 6.07) is 1.51. The summed E-state index contributed by atoms with van der Waals surface area (Å²) in [5, 5.41) is 49.4. The lowest BCUT2D eigenvalue weighted by Gasteiger charge is -2.14. The Labute approximate surface area is 182 Å². The molecule has 7 nitrogen and oxygen atoms in total. The van der Waals surface area contributed by atoms with Crippen molar-refractivity contribution in [3.05, 3.63) is 17.2 Å². The highest BCUT2D eigenvalue weighted by molar-refractivity contribution is 5.78. The summed E-state index contributed by atoms with van der Waals surface area (Å²) in [7, 11) is 0. The van der Waals surface area contributed by atoms with Gasteiger partial charge in [0.2, 0.25) is 0 Å². The number of phenolic OH excluding ortho intramolecular Hbond substituents is 3. The average Bonchev–Trinajstić information content (AvgIpc) is 3.63. The first-order valence-electron chi connectivity index (χ1n) is 11.4. The summed E-state index contributed by atoms with van der Waals surface area (Å²) in [5.41, 5.74) is -0.197. The van der Waals surface area contributed by atoms with Crippen LogP contribution in [-0.4, -0.2) is 37.5 Å². The normalized spacial score (nSPS) is 17.9. The standard InChI is InChI=1S/C24H34O7/c25-18-15-16(7-3-1-5-9-23(11-12-23)21(28)29)19(26)20(27)17(18)8-4-2-6-10-24(13-14-24)22(30)31/h15,25-27H,1-14H2,(H,28,29)(H,30,31). The zero-order valence-corrected chi connectivity index (χ0v) is 18.0. The molecule has 5 N–H and O–H groups in total. The molecule has 0 amide bonds. The van der Waals surface area contributed by atoms with Gasteiger partial charge in [0.15, 0.2) is 11.5 Å². The Morgan fingerprint density at radius 2 is 1.19 bits per heavy atom. The minimum Gasteiger partial charge on any atom is -0.508 e. The van der Waals surface area contributed by atoms with Crippen molar-refractivity contribution in [2.45, 2.75) is 89.9 Å². The average molecular weight is 435 g/mol. The molecule has 3 rings (SSSR count). The van der Waals surface area contributed by atoms with Crippen LogP contribution in [-0.2, 0) is 22.4 Å². The highest BCUT2D eigenvalue weighted by Gasteiger charge is 2.49. The number of hydrogen-bond acceptors (Lipinski definition) is 5. The molecule has 0 unspecified atom stereocenters. The highest BCUT2D eigenvalue weighted by Crippen LogP contribution is 2.51. The largest absolute Gasteiger partial charge is 0.508 e. The molecule has 1 aromatic rings. The van der Waals surface area contributed by atoms with Gasteiger partial charge >= 0.3 is 11.9 Å². The third kappa shape index (κ3) is 5.43. The van der Waals surface area contributed by atoms with Crippen molar-refractivity contribution >= 4 is 11.9 Å². The second-order valence-electron chi connectivity index (χ2n) is 9.52. The third-order valence-corrected chi connectivity index (χ3v) is 7.23. The quantitative estimate of drug-likeness (QED) is 0.162. The number of hydrogen-bond donors (Lipinski definition) is 5. The van der Waals surface area contributed by atoms with Crippen molar-refractivity contribution in [1.82, 2.24) is 0 Å². The topological polar surface area (TPSA) is 135 Å². The van der Waals surface area contributed by atoms with Crippen LogP contribution in [0.4, 0.5) is 0 Å². The van der Waals surface area contributed by atoms with Crippen LogP contribution >= 0.6 is 0 Å². The molecule has 2 fully saturated rings. The van der Waals surface area contributed by atoms with Crippen LogP contribution in [0.25, 0.3) is 0 Å². The Kier molecular flexibility index (Phi) is 7.02. The molecule has 2 aliphatic rings. The number of aliphatic carboxylic acids is 2. The molecule has 0 heterocycles. The summed E-state index contributed by atoms with van der Waals surface area (Å²) in [6.45, 7) is 0. The van der Waals surface area contributed by atoms with Crippen LogP contribution in [0.1, 0.15) is 88.2 Å². The van der Waals surface area contributed by atoms with Gasteiger partial charge in [0.05, 0.1) is 10.8 Å². The Bertz CT molecular complexity index is 822. The fourth-order valence-electron chi connectivity index (χ4n) is 4.51. The van der Waals surface area contributed by atoms with Gasteiger partial charge in [0, 0.05) is 11.1 Å². The van der Waals surface area contributed by atoms with Crippen LogP contribution in [0.15, 0.2) is 6.07 Å². The zero-order valence-electron chi connectivity index (χ0n) is 18.0. The van der Waals surface area contributed by atoms with Crippen molar-refractivity contribution in [2.75, 3.05) is 0 Å². The second-order valence-corrected chi connectivity index (χ2v) is 9.52. The van der Waals surface area contributed by atoms with E-state index >= 15 is 0 Å². The fourth-order valence-corrected chi connectivity index (χ4v) is 4.51. The first kappa shape index (κ1) is 23.2. The first-order valence-corrected chi connectivity index (χ1v) is 11.4. The lowest BCUT2D eigenvalue weighted by Crippen LogP contribution is -2.14. The van der Waals surface area contributed by atoms with E-state index in [1.165, 1.54) is 6.07 Å². The van der Waals surface area contributed by atoms with Crippen molar-refractivity contribution < 1.29 is 35.1 Å². The predicted molar refractivity (Wildman–Crippen MR) is 114 cm³/mol. The van der Waals surface area contributed by atoms with Crippen molar-refractivity contribution in [3.8, 4) is 17.2 Å². The molecule has 0 bridgehead atoms. The molecule has 0 aliphatic heterocycles. The van der Waals surface area contributed by atoms with Crippen LogP contribution in [0.5, 0.6) is 17.2 Å². The summed E-state index contributed by atoms with van der Waals surface area (Å²) in [4.78, 5) is 22.4. The van der Waals surface area contributed by atoms with Crippen LogP contribution in [0.2, 0.25) is 0 Å². The van der Waals surface area contributed by atoms with Crippen molar-refractivity contribution in [3.63, 3.8) is 0 Å². The number of carboxylic acids is 2. The Balaban J connectivity index is 1.42. The molecular weight excluding hydrogens is 400 g/mol. The Morgan fingerprint density at radius 1 is 0.710 bits per heavy atom. The highest BCUT2D eigenvalue weighted by atomic mass is 16.4. The van der Waals surface area contributed by atoms with Crippen LogP contribution < -0.4 is 0 Å². The van der Waals surface area contributed by atoms with Gasteiger partial charge < -0.3 is 25.5 Å². The summed E-state index contributed by atoms with van der Waals surface area (Å²) >= 11 is 0. The van der Waals surface area contributed by atoms with E-state index in [9.17, 15) is 35.1 Å². The van der Waals surface area contributed by atoms with Crippen LogP contribution in [0.3, 0.4) is 0 Å². The van der Waals surface area contributed by atoms with Gasteiger partial charge in [-0.1, -0.05) is 25.7 Å². The number of rotatable bonds is 14. The summed E-state index contributed by atoms with van der Waals surface area (Å²) in [6.07, 6.45) is 9.95. The van der Waals surface area contributed by atoms with E-state index in [1.807, 2.05) is 0 Å². The number of unbranched alkanes of at least 4 members (excludes halogenated alkanes) is 4. The van der Waals surface area contributed by atoms with Gasteiger partial charge in [-0.05, 0) is 70.3 Å². The smallest absolute Gasteiger partial charge is 0.309 e. The van der Waals surface area contributed by atoms with Crippen molar-refractivity contribution in [1.29, 1.82) is 0 Å². The monoisotopic (exact) mass is 434 g/mol. The minimum absolute atomic E-state index is 0.0303. The van der Waals surface area contributed by atoms with Gasteiger partial charge in [0.25, 0.3) is 0 Å². The van der Waals surface area contributed by atoms with Gasteiger partial charge in [-0.15, -0.1) is 0 Å². The Hall–Kier alpha value is -2.44. The van der Waals surface area contributed by atoms with E-state index in [-0.39, 0.29) is 17.2 Å². The molecule has 0 spiro atoms. The number of carbonyl (C=O) groups is 2. The molecule has 1 aromatic carbocycles. The van der Waals surface area contributed by atoms with E-state index in [1.54, 1.807) is 0 Å². The minimum atomic E-state index is -0.711. The lowest BCUT2D eigenvalue weighted by atomic mass is 9.95. The molecule has 0 saturated heterocycles. The molecule has 0 aromatic heterocycles. The number of aromatic hydroxyl groups is 3. The SMILES string of the molecule is O=C(O)C1(CCCCCc2cc(O)c(CCCCCC3(C(=O)O)CC3)c(O)c2O)CC1. The maximum atomic E-state index is 11.2. The molecule has 7 heteroatoms. The summed E-state index contributed by atoms with van der Waals surface area (Å²) < 4.78 is 0. The zero-order chi connectivity index (χ0) is 22.6. The molecule has 2 aliphatic carbocycles. The number of phenols is 3. The number of benzene rings is 1. The number of aryl methyl sites for hydroxylation is 1. The van der Waals surface area contributed by atoms with Gasteiger partial charge in [-0.2, -0.15) is 0 Å². The molecule has 0 radical (unpaired) electrons. The van der Waals surface area contributed by atoms with Gasteiger partial charge in [-0.3, -0.25) is 9.59 Å². The molecule has 0 atom stereocenters. The number of carboxylic acid groups (broad SMARTS) is 2. The van der Waals surface area contributed by atoms with E-state index in [4.69, 9.17) is 0 Å².